The first-order valence-corrected chi connectivity index (χ1v) is 7.52. The molecule has 1 heterocycles. The summed E-state index contributed by atoms with van der Waals surface area (Å²) in [7, 11) is 0. The highest BCUT2D eigenvalue weighted by Gasteiger charge is 2.07. The number of nitrogens with zero attached hydrogens (tertiary/aromatic N) is 1. The molecule has 0 saturated carbocycles. The lowest BCUT2D eigenvalue weighted by Crippen LogP contribution is -2.25. The maximum atomic E-state index is 12.3. The first-order chi connectivity index (χ1) is 11.2. The molecule has 0 unspecified atom stereocenters. The summed E-state index contributed by atoms with van der Waals surface area (Å²) in [5, 5.41) is 12.6. The second-order valence-electron chi connectivity index (χ2n) is 5.28. The van der Waals surface area contributed by atoms with Crippen LogP contribution in [0.3, 0.4) is 0 Å². The van der Waals surface area contributed by atoms with Gasteiger partial charge in [0.1, 0.15) is 5.75 Å². The molecule has 2 aromatic carbocycles. The minimum Gasteiger partial charge on any atom is -0.508 e. The Kier molecular flexibility index (Phi) is 4.43. The second kappa shape index (κ2) is 6.83. The number of phenolic OH excluding ortho intramolecular Hbond substituents is 1. The van der Waals surface area contributed by atoms with E-state index in [0.29, 0.717) is 18.5 Å². The van der Waals surface area contributed by atoms with Gasteiger partial charge in [0.25, 0.3) is 5.91 Å². The van der Waals surface area contributed by atoms with Gasteiger partial charge in [-0.2, -0.15) is 0 Å². The fourth-order valence-corrected chi connectivity index (χ4v) is 2.45. The molecule has 0 aliphatic carbocycles. The van der Waals surface area contributed by atoms with Gasteiger partial charge in [-0.05, 0) is 48.4 Å². The van der Waals surface area contributed by atoms with Crippen molar-refractivity contribution in [3.63, 3.8) is 0 Å². The third-order valence-corrected chi connectivity index (χ3v) is 3.68. The number of para-hydroxylation sites is 1. The zero-order valence-electron chi connectivity index (χ0n) is 12.6. The van der Waals surface area contributed by atoms with Crippen LogP contribution >= 0.6 is 0 Å². The van der Waals surface area contributed by atoms with E-state index in [-0.39, 0.29) is 11.7 Å². The van der Waals surface area contributed by atoms with Gasteiger partial charge in [0.2, 0.25) is 0 Å². The van der Waals surface area contributed by atoms with Crippen LogP contribution in [0, 0.1) is 0 Å². The lowest BCUT2D eigenvalue weighted by molar-refractivity contribution is 0.0954. The zero-order chi connectivity index (χ0) is 16.1. The van der Waals surface area contributed by atoms with Crippen molar-refractivity contribution >= 4 is 5.91 Å². The van der Waals surface area contributed by atoms with Crippen LogP contribution in [0.1, 0.15) is 15.9 Å². The summed E-state index contributed by atoms with van der Waals surface area (Å²) in [4.78, 5) is 12.3. The third kappa shape index (κ3) is 3.61. The Morgan fingerprint density at radius 2 is 1.78 bits per heavy atom. The molecule has 0 aliphatic rings. The van der Waals surface area contributed by atoms with Crippen LogP contribution in [0.4, 0.5) is 0 Å². The molecular weight excluding hydrogens is 288 g/mol. The molecule has 0 radical (unpaired) electrons. The van der Waals surface area contributed by atoms with Crippen LogP contribution in [0.15, 0.2) is 73.1 Å². The standard InChI is InChI=1S/C19H18N2O2/c22-18-9-2-1-6-15(18)10-11-20-19(23)16-7-5-8-17(14-16)21-12-3-4-13-21/h1-9,12-14,22H,10-11H2,(H,20,23). The molecular formula is C19H18N2O2. The average molecular weight is 306 g/mol. The normalized spacial score (nSPS) is 10.4. The minimum absolute atomic E-state index is 0.116. The van der Waals surface area contributed by atoms with Crippen molar-refractivity contribution in [1.29, 1.82) is 0 Å². The topological polar surface area (TPSA) is 54.3 Å². The third-order valence-electron chi connectivity index (χ3n) is 3.68. The number of aromatic nitrogens is 1. The maximum absolute atomic E-state index is 12.3. The SMILES string of the molecule is O=C(NCCc1ccccc1O)c1cccc(-n2cccc2)c1. The van der Waals surface area contributed by atoms with Gasteiger partial charge >= 0.3 is 0 Å². The van der Waals surface area contributed by atoms with Gasteiger partial charge in [0.15, 0.2) is 0 Å². The van der Waals surface area contributed by atoms with E-state index < -0.39 is 0 Å². The first kappa shape index (κ1) is 14.9. The second-order valence-corrected chi connectivity index (χ2v) is 5.28. The number of hydrogen-bond acceptors (Lipinski definition) is 2. The number of aromatic hydroxyl groups is 1. The Hall–Kier alpha value is -3.01. The average Bonchev–Trinajstić information content (AvgIpc) is 3.11. The van der Waals surface area contributed by atoms with Crippen molar-refractivity contribution < 1.29 is 9.90 Å². The van der Waals surface area contributed by atoms with E-state index in [9.17, 15) is 9.90 Å². The molecule has 23 heavy (non-hydrogen) atoms. The number of carbonyl (C=O) groups is 1. The summed E-state index contributed by atoms with van der Waals surface area (Å²) in [6.07, 6.45) is 4.47. The maximum Gasteiger partial charge on any atom is 0.251 e. The summed E-state index contributed by atoms with van der Waals surface area (Å²) in [5.41, 5.74) is 2.39. The van der Waals surface area contributed by atoms with E-state index in [1.165, 1.54) is 0 Å². The van der Waals surface area contributed by atoms with E-state index in [2.05, 4.69) is 5.32 Å². The van der Waals surface area contributed by atoms with Crippen LogP contribution in [0.5, 0.6) is 5.75 Å². The number of benzene rings is 2. The first-order valence-electron chi connectivity index (χ1n) is 7.52. The quantitative estimate of drug-likeness (QED) is 0.761. The van der Waals surface area contributed by atoms with Gasteiger partial charge in [-0.3, -0.25) is 4.79 Å². The van der Waals surface area contributed by atoms with Crippen molar-refractivity contribution in [3.05, 3.63) is 84.2 Å². The molecule has 2 N–H and O–H groups in total. The Labute approximate surface area is 135 Å². The molecule has 0 saturated heterocycles. The molecule has 1 amide bonds. The monoisotopic (exact) mass is 306 g/mol. The molecule has 3 aromatic rings. The van der Waals surface area contributed by atoms with Crippen molar-refractivity contribution in [2.45, 2.75) is 6.42 Å². The summed E-state index contributed by atoms with van der Waals surface area (Å²) >= 11 is 0. The van der Waals surface area contributed by atoms with E-state index in [0.717, 1.165) is 11.3 Å². The van der Waals surface area contributed by atoms with Gasteiger partial charge in [-0.15, -0.1) is 0 Å². The van der Waals surface area contributed by atoms with Crippen molar-refractivity contribution in [3.8, 4) is 11.4 Å². The summed E-state index contributed by atoms with van der Waals surface area (Å²) in [6.45, 7) is 0.476. The largest absolute Gasteiger partial charge is 0.508 e. The Morgan fingerprint density at radius 3 is 2.57 bits per heavy atom. The number of rotatable bonds is 5. The van der Waals surface area contributed by atoms with Crippen molar-refractivity contribution in [2.24, 2.45) is 0 Å². The van der Waals surface area contributed by atoms with Crippen LogP contribution < -0.4 is 5.32 Å². The number of phenols is 1. The molecule has 0 bridgehead atoms. The lowest BCUT2D eigenvalue weighted by Gasteiger charge is -2.08. The van der Waals surface area contributed by atoms with Gasteiger partial charge in [0, 0.05) is 30.2 Å². The lowest BCUT2D eigenvalue weighted by atomic mass is 10.1. The molecule has 116 valence electrons. The molecule has 0 spiro atoms. The Bertz CT molecular complexity index is 795. The highest BCUT2D eigenvalue weighted by atomic mass is 16.3. The zero-order valence-corrected chi connectivity index (χ0v) is 12.6. The number of amides is 1. The van der Waals surface area contributed by atoms with Crippen LogP contribution in [0.2, 0.25) is 0 Å². The number of carbonyl (C=O) groups excluding carboxylic acids is 1. The summed E-state index contributed by atoms with van der Waals surface area (Å²) in [5.74, 6) is 0.144. The molecule has 0 fully saturated rings. The van der Waals surface area contributed by atoms with E-state index in [1.54, 1.807) is 18.2 Å². The van der Waals surface area contributed by atoms with Gasteiger partial charge in [-0.1, -0.05) is 24.3 Å². The Balaban J connectivity index is 1.63. The predicted molar refractivity (Wildman–Crippen MR) is 89.9 cm³/mol. The van der Waals surface area contributed by atoms with Crippen LogP contribution in [-0.2, 0) is 6.42 Å². The van der Waals surface area contributed by atoms with E-state index in [1.807, 2.05) is 59.4 Å². The highest BCUT2D eigenvalue weighted by Crippen LogP contribution is 2.15. The smallest absolute Gasteiger partial charge is 0.251 e. The van der Waals surface area contributed by atoms with E-state index >= 15 is 0 Å². The molecule has 3 rings (SSSR count). The van der Waals surface area contributed by atoms with E-state index in [4.69, 9.17) is 0 Å². The van der Waals surface area contributed by atoms with Gasteiger partial charge < -0.3 is 15.0 Å². The summed E-state index contributed by atoms with van der Waals surface area (Å²) < 4.78 is 1.96. The van der Waals surface area contributed by atoms with Gasteiger partial charge in [-0.25, -0.2) is 0 Å². The van der Waals surface area contributed by atoms with Crippen molar-refractivity contribution in [2.75, 3.05) is 6.54 Å². The molecule has 4 heteroatoms. The number of nitrogens with one attached hydrogen (secondary N) is 1. The van der Waals surface area contributed by atoms with Crippen LogP contribution in [0.25, 0.3) is 5.69 Å². The minimum atomic E-state index is -0.116. The van der Waals surface area contributed by atoms with Crippen LogP contribution in [-0.4, -0.2) is 22.1 Å². The summed E-state index contributed by atoms with van der Waals surface area (Å²) in [6, 6.07) is 18.5. The fraction of sp³-hybridized carbons (Fsp3) is 0.105. The van der Waals surface area contributed by atoms with Gasteiger partial charge in [0.05, 0.1) is 0 Å². The predicted octanol–water partition coefficient (Wildman–Crippen LogP) is 3.16. The molecule has 1 aromatic heterocycles. The highest BCUT2D eigenvalue weighted by molar-refractivity contribution is 5.94. The molecule has 4 nitrogen and oxygen atoms in total. The Morgan fingerprint density at radius 1 is 1.00 bits per heavy atom. The molecule has 0 atom stereocenters. The molecule has 0 aliphatic heterocycles. The van der Waals surface area contributed by atoms with Crippen molar-refractivity contribution in [1.82, 2.24) is 9.88 Å². The fourth-order valence-electron chi connectivity index (χ4n) is 2.45. The number of hydrogen-bond donors (Lipinski definition) is 2.